The molecule has 5 nitrogen and oxygen atoms in total. The van der Waals surface area contributed by atoms with E-state index < -0.39 is 5.97 Å². The van der Waals surface area contributed by atoms with E-state index in [1.54, 1.807) is 12.1 Å². The predicted molar refractivity (Wildman–Crippen MR) is 89.9 cm³/mol. The molecule has 0 atom stereocenters. The number of esters is 1. The fraction of sp³-hybridized carbons (Fsp3) is 0.167. The summed E-state index contributed by atoms with van der Waals surface area (Å²) >= 11 is 5.94. The molecular formula is C18H15ClN2O3. The van der Waals surface area contributed by atoms with Crippen LogP contribution in [-0.2, 0) is 4.79 Å². The van der Waals surface area contributed by atoms with Gasteiger partial charge in [0, 0.05) is 12.1 Å². The molecule has 0 aromatic heterocycles. The first kappa shape index (κ1) is 17.5. The highest BCUT2D eigenvalue weighted by Crippen LogP contribution is 2.25. The van der Waals surface area contributed by atoms with Gasteiger partial charge in [0.25, 0.3) is 5.91 Å². The third kappa shape index (κ3) is 4.58. The number of nitrogens with zero attached hydrogens (tertiary/aromatic N) is 1. The van der Waals surface area contributed by atoms with Crippen molar-refractivity contribution in [2.24, 2.45) is 0 Å². The average molecular weight is 343 g/mol. The Kier molecular flexibility index (Phi) is 5.94. The minimum atomic E-state index is -0.522. The van der Waals surface area contributed by atoms with E-state index >= 15 is 0 Å². The van der Waals surface area contributed by atoms with Crippen molar-refractivity contribution < 1.29 is 14.3 Å². The van der Waals surface area contributed by atoms with Crippen LogP contribution in [0.2, 0.25) is 5.02 Å². The molecule has 0 spiro atoms. The minimum Gasteiger partial charge on any atom is -0.425 e. The van der Waals surface area contributed by atoms with Crippen molar-refractivity contribution in [1.29, 1.82) is 5.26 Å². The van der Waals surface area contributed by atoms with Crippen molar-refractivity contribution in [2.75, 3.05) is 6.54 Å². The molecule has 0 bridgehead atoms. The number of hydrogen-bond donors (Lipinski definition) is 1. The zero-order valence-electron chi connectivity index (χ0n) is 13.0. The molecule has 0 fully saturated rings. The van der Waals surface area contributed by atoms with Gasteiger partial charge < -0.3 is 10.1 Å². The van der Waals surface area contributed by atoms with Crippen LogP contribution >= 0.6 is 11.6 Å². The molecule has 1 N–H and O–H groups in total. The largest absolute Gasteiger partial charge is 0.425 e. The second-order valence-corrected chi connectivity index (χ2v) is 5.46. The summed E-state index contributed by atoms with van der Waals surface area (Å²) in [5.74, 6) is -0.574. The number of amides is 1. The highest BCUT2D eigenvalue weighted by atomic mass is 35.5. The second-order valence-electron chi connectivity index (χ2n) is 5.05. The average Bonchev–Trinajstić information content (AvgIpc) is 2.57. The van der Waals surface area contributed by atoms with Crippen LogP contribution in [0.25, 0.3) is 0 Å². The van der Waals surface area contributed by atoms with E-state index in [0.29, 0.717) is 11.1 Å². The fourth-order valence-corrected chi connectivity index (χ4v) is 2.25. The SMILES string of the molecule is Cc1ccccc1C(=O)NCCC(=O)Oc1ccc(C#N)cc1Cl. The lowest BCUT2D eigenvalue weighted by Crippen LogP contribution is -2.27. The minimum absolute atomic E-state index is 0.00789. The Labute approximate surface area is 144 Å². The number of rotatable bonds is 5. The van der Waals surface area contributed by atoms with E-state index in [2.05, 4.69) is 5.32 Å². The smallest absolute Gasteiger partial charge is 0.313 e. The van der Waals surface area contributed by atoms with Gasteiger partial charge in [-0.3, -0.25) is 9.59 Å². The molecule has 0 aliphatic heterocycles. The maximum Gasteiger partial charge on any atom is 0.313 e. The molecular weight excluding hydrogens is 328 g/mol. The Morgan fingerprint density at radius 1 is 1.25 bits per heavy atom. The lowest BCUT2D eigenvalue weighted by molar-refractivity contribution is -0.134. The molecule has 0 aliphatic carbocycles. The molecule has 0 saturated heterocycles. The van der Waals surface area contributed by atoms with Crippen LogP contribution in [0.5, 0.6) is 5.75 Å². The monoisotopic (exact) mass is 342 g/mol. The topological polar surface area (TPSA) is 79.2 Å². The van der Waals surface area contributed by atoms with Gasteiger partial charge in [-0.05, 0) is 36.8 Å². The number of aryl methyl sites for hydroxylation is 1. The van der Waals surface area contributed by atoms with Crippen molar-refractivity contribution in [3.63, 3.8) is 0 Å². The Balaban J connectivity index is 1.85. The van der Waals surface area contributed by atoms with E-state index in [1.165, 1.54) is 18.2 Å². The first-order chi connectivity index (χ1) is 11.5. The standard InChI is InChI=1S/C18H15ClN2O3/c1-12-4-2-3-5-14(12)18(23)21-9-8-17(22)24-16-7-6-13(11-20)10-15(16)19/h2-7,10H,8-9H2,1H3,(H,21,23). The molecule has 0 saturated carbocycles. The van der Waals surface area contributed by atoms with Crippen LogP contribution in [-0.4, -0.2) is 18.4 Å². The van der Waals surface area contributed by atoms with Crippen molar-refractivity contribution in [1.82, 2.24) is 5.32 Å². The summed E-state index contributed by atoms with van der Waals surface area (Å²) in [6.07, 6.45) is 0.00789. The number of nitrogens with one attached hydrogen (secondary N) is 1. The van der Waals surface area contributed by atoms with Crippen LogP contribution in [0.1, 0.15) is 27.9 Å². The van der Waals surface area contributed by atoms with Crippen molar-refractivity contribution >= 4 is 23.5 Å². The summed E-state index contributed by atoms with van der Waals surface area (Å²) in [5.41, 5.74) is 1.81. The number of halogens is 1. The van der Waals surface area contributed by atoms with Crippen LogP contribution in [0.15, 0.2) is 42.5 Å². The zero-order chi connectivity index (χ0) is 17.5. The molecule has 122 valence electrons. The number of hydrogen-bond acceptors (Lipinski definition) is 4. The van der Waals surface area contributed by atoms with E-state index in [1.807, 2.05) is 25.1 Å². The molecule has 24 heavy (non-hydrogen) atoms. The Morgan fingerprint density at radius 2 is 2.00 bits per heavy atom. The Hall–Kier alpha value is -2.84. The van der Waals surface area contributed by atoms with Gasteiger partial charge >= 0.3 is 5.97 Å². The summed E-state index contributed by atoms with van der Waals surface area (Å²) in [4.78, 5) is 23.8. The lowest BCUT2D eigenvalue weighted by atomic mass is 10.1. The number of ether oxygens (including phenoxy) is 1. The number of carbonyl (C=O) groups is 2. The van der Waals surface area contributed by atoms with Crippen molar-refractivity contribution in [3.8, 4) is 11.8 Å². The summed E-state index contributed by atoms with van der Waals surface area (Å²) < 4.78 is 5.12. The molecule has 1 amide bonds. The zero-order valence-corrected chi connectivity index (χ0v) is 13.8. The number of nitriles is 1. The first-order valence-corrected chi connectivity index (χ1v) is 7.63. The van der Waals surface area contributed by atoms with Gasteiger partial charge in [0.15, 0.2) is 0 Å². The molecule has 6 heteroatoms. The third-order valence-electron chi connectivity index (χ3n) is 3.29. The normalized spacial score (nSPS) is 9.88. The predicted octanol–water partition coefficient (Wildman–Crippen LogP) is 3.25. The highest BCUT2D eigenvalue weighted by Gasteiger charge is 2.11. The quantitative estimate of drug-likeness (QED) is 0.668. The van der Waals surface area contributed by atoms with Gasteiger partial charge in [-0.25, -0.2) is 0 Å². The molecule has 2 aromatic rings. The second kappa shape index (κ2) is 8.14. The molecule has 0 aliphatic rings. The van der Waals surface area contributed by atoms with Gasteiger partial charge in [-0.1, -0.05) is 29.8 Å². The molecule has 2 rings (SSSR count). The maximum absolute atomic E-state index is 12.0. The maximum atomic E-state index is 12.0. The summed E-state index contributed by atoms with van der Waals surface area (Å²) in [6.45, 7) is 2.00. The molecule has 0 heterocycles. The molecule has 0 unspecified atom stereocenters. The van der Waals surface area contributed by atoms with E-state index in [0.717, 1.165) is 5.56 Å². The Bertz CT molecular complexity index is 812. The number of carbonyl (C=O) groups excluding carboxylic acids is 2. The first-order valence-electron chi connectivity index (χ1n) is 7.25. The van der Waals surface area contributed by atoms with Crippen molar-refractivity contribution in [3.05, 3.63) is 64.2 Å². The third-order valence-corrected chi connectivity index (χ3v) is 3.58. The highest BCUT2D eigenvalue weighted by molar-refractivity contribution is 6.32. The van der Waals surface area contributed by atoms with Gasteiger partial charge in [0.1, 0.15) is 5.75 Å². The van der Waals surface area contributed by atoms with Crippen LogP contribution in [0.4, 0.5) is 0 Å². The van der Waals surface area contributed by atoms with Gasteiger partial charge in [0.05, 0.1) is 23.1 Å². The van der Waals surface area contributed by atoms with Crippen LogP contribution in [0, 0.1) is 18.3 Å². The van der Waals surface area contributed by atoms with Gasteiger partial charge in [-0.15, -0.1) is 0 Å². The van der Waals surface area contributed by atoms with Gasteiger partial charge in [0.2, 0.25) is 0 Å². The van der Waals surface area contributed by atoms with E-state index in [9.17, 15) is 9.59 Å². The van der Waals surface area contributed by atoms with E-state index in [4.69, 9.17) is 21.6 Å². The number of benzene rings is 2. The van der Waals surface area contributed by atoms with Gasteiger partial charge in [-0.2, -0.15) is 5.26 Å². The van der Waals surface area contributed by atoms with E-state index in [-0.39, 0.29) is 29.6 Å². The molecule has 2 aromatic carbocycles. The molecule has 0 radical (unpaired) electrons. The summed E-state index contributed by atoms with van der Waals surface area (Å²) in [7, 11) is 0. The summed E-state index contributed by atoms with van der Waals surface area (Å²) in [6, 6.07) is 13.5. The lowest BCUT2D eigenvalue weighted by Gasteiger charge is -2.08. The van der Waals surface area contributed by atoms with Crippen LogP contribution in [0.3, 0.4) is 0 Å². The fourth-order valence-electron chi connectivity index (χ4n) is 2.03. The van der Waals surface area contributed by atoms with Crippen LogP contribution < -0.4 is 10.1 Å². The van der Waals surface area contributed by atoms with Crippen molar-refractivity contribution in [2.45, 2.75) is 13.3 Å². The summed E-state index contributed by atoms with van der Waals surface area (Å²) in [5, 5.41) is 11.6. The Morgan fingerprint density at radius 3 is 2.67 bits per heavy atom.